The molecular formula is C12H12Br2ClN3. The Labute approximate surface area is 128 Å². The lowest BCUT2D eigenvalue weighted by Crippen LogP contribution is -2.04. The van der Waals surface area contributed by atoms with Gasteiger partial charge in [-0.3, -0.25) is 0 Å². The van der Waals surface area contributed by atoms with E-state index in [1.165, 1.54) is 0 Å². The third-order valence-electron chi connectivity index (χ3n) is 2.56. The van der Waals surface area contributed by atoms with Crippen molar-refractivity contribution in [3.8, 4) is 11.4 Å². The van der Waals surface area contributed by atoms with Crippen LogP contribution in [-0.4, -0.2) is 14.8 Å². The van der Waals surface area contributed by atoms with Crippen LogP contribution in [0.1, 0.15) is 19.2 Å². The highest BCUT2D eigenvalue weighted by Crippen LogP contribution is 2.30. The molecule has 0 radical (unpaired) electrons. The molecule has 0 atom stereocenters. The number of halogens is 3. The van der Waals surface area contributed by atoms with Gasteiger partial charge in [-0.05, 0) is 24.6 Å². The molecule has 96 valence electrons. The molecule has 0 spiro atoms. The number of benzene rings is 1. The summed E-state index contributed by atoms with van der Waals surface area (Å²) in [7, 11) is 0. The molecule has 0 aliphatic rings. The van der Waals surface area contributed by atoms with Gasteiger partial charge in [-0.15, -0.1) is 21.8 Å². The molecule has 0 aliphatic carbocycles. The van der Waals surface area contributed by atoms with Crippen LogP contribution in [0, 0.1) is 0 Å². The van der Waals surface area contributed by atoms with E-state index in [0.717, 1.165) is 39.1 Å². The number of hydrogen-bond acceptors (Lipinski definition) is 2. The van der Waals surface area contributed by atoms with E-state index < -0.39 is 0 Å². The molecule has 0 aliphatic heterocycles. The lowest BCUT2D eigenvalue weighted by Gasteiger charge is -2.09. The van der Waals surface area contributed by atoms with Gasteiger partial charge in [0.25, 0.3) is 0 Å². The van der Waals surface area contributed by atoms with Crippen LogP contribution < -0.4 is 0 Å². The van der Waals surface area contributed by atoms with E-state index in [1.807, 2.05) is 18.2 Å². The molecule has 0 N–H and O–H groups in total. The van der Waals surface area contributed by atoms with Crippen LogP contribution in [-0.2, 0) is 12.4 Å². The van der Waals surface area contributed by atoms with E-state index in [9.17, 15) is 0 Å². The molecule has 18 heavy (non-hydrogen) atoms. The van der Waals surface area contributed by atoms with Crippen molar-refractivity contribution in [1.82, 2.24) is 14.8 Å². The molecule has 2 aromatic rings. The minimum absolute atomic E-state index is 0.374. The zero-order valence-corrected chi connectivity index (χ0v) is 13.8. The van der Waals surface area contributed by atoms with Crippen LogP contribution in [0.4, 0.5) is 0 Å². The van der Waals surface area contributed by atoms with Crippen LogP contribution in [0.5, 0.6) is 0 Å². The van der Waals surface area contributed by atoms with Crippen LogP contribution >= 0.6 is 43.5 Å². The second kappa shape index (κ2) is 6.17. The van der Waals surface area contributed by atoms with E-state index >= 15 is 0 Å². The summed E-state index contributed by atoms with van der Waals surface area (Å²) in [6.07, 6.45) is 1.01. The molecule has 0 amide bonds. The van der Waals surface area contributed by atoms with Gasteiger partial charge in [-0.25, -0.2) is 0 Å². The molecule has 6 heteroatoms. The van der Waals surface area contributed by atoms with Gasteiger partial charge >= 0.3 is 0 Å². The summed E-state index contributed by atoms with van der Waals surface area (Å²) >= 11 is 12.9. The van der Waals surface area contributed by atoms with Gasteiger partial charge in [0.1, 0.15) is 5.82 Å². The van der Waals surface area contributed by atoms with Gasteiger partial charge in [0, 0.05) is 21.1 Å². The van der Waals surface area contributed by atoms with Crippen molar-refractivity contribution >= 4 is 43.5 Å². The number of hydrogen-bond donors (Lipinski definition) is 0. The average molecular weight is 394 g/mol. The number of alkyl halides is 1. The summed E-state index contributed by atoms with van der Waals surface area (Å²) in [5.74, 6) is 2.03. The Morgan fingerprint density at radius 2 is 2.06 bits per heavy atom. The molecule has 1 aromatic heterocycles. The van der Waals surface area contributed by atoms with Gasteiger partial charge in [0.05, 0.1) is 5.88 Å². The Morgan fingerprint density at radius 1 is 1.28 bits per heavy atom. The van der Waals surface area contributed by atoms with Crippen molar-refractivity contribution in [3.63, 3.8) is 0 Å². The summed E-state index contributed by atoms with van der Waals surface area (Å²) in [6, 6.07) is 6.00. The maximum Gasteiger partial charge on any atom is 0.165 e. The second-order valence-corrected chi connectivity index (χ2v) is 5.89. The van der Waals surface area contributed by atoms with Crippen molar-refractivity contribution in [1.29, 1.82) is 0 Å². The first kappa shape index (κ1) is 14.0. The minimum atomic E-state index is 0.374. The number of aromatic nitrogens is 3. The first-order valence-corrected chi connectivity index (χ1v) is 7.73. The molecule has 2 rings (SSSR count). The van der Waals surface area contributed by atoms with E-state index in [1.54, 1.807) is 0 Å². The van der Waals surface area contributed by atoms with Crippen molar-refractivity contribution in [3.05, 3.63) is 33.0 Å². The van der Waals surface area contributed by atoms with Crippen molar-refractivity contribution < 1.29 is 0 Å². The maximum absolute atomic E-state index is 5.90. The Kier molecular flexibility index (Phi) is 4.81. The third-order valence-corrected chi connectivity index (χ3v) is 3.99. The molecule has 1 aromatic carbocycles. The summed E-state index contributed by atoms with van der Waals surface area (Å²) in [4.78, 5) is 0. The zero-order chi connectivity index (χ0) is 13.1. The maximum atomic E-state index is 5.90. The van der Waals surface area contributed by atoms with Gasteiger partial charge in [0.2, 0.25) is 0 Å². The third kappa shape index (κ3) is 2.78. The Hall–Kier alpha value is -0.390. The molecule has 0 unspecified atom stereocenters. The standard InChI is InChI=1S/C12H12Br2ClN3/c1-2-5-18-11(7-15)16-17-12(18)9-6-8(13)3-4-10(9)14/h3-4,6H,2,5,7H2,1H3. The molecule has 1 heterocycles. The fraction of sp³-hybridized carbons (Fsp3) is 0.333. The Balaban J connectivity index is 2.56. The summed E-state index contributed by atoms with van der Waals surface area (Å²) in [5, 5.41) is 8.40. The lowest BCUT2D eigenvalue weighted by atomic mass is 10.2. The highest BCUT2D eigenvalue weighted by molar-refractivity contribution is 9.11. The fourth-order valence-electron chi connectivity index (χ4n) is 1.76. The van der Waals surface area contributed by atoms with Crippen molar-refractivity contribution in [2.75, 3.05) is 0 Å². The molecule has 0 saturated carbocycles. The molecule has 0 bridgehead atoms. The van der Waals surface area contributed by atoms with E-state index in [2.05, 4.69) is 53.5 Å². The molecule has 0 saturated heterocycles. The van der Waals surface area contributed by atoms with Gasteiger partial charge in [-0.1, -0.05) is 38.8 Å². The highest BCUT2D eigenvalue weighted by atomic mass is 79.9. The normalized spacial score (nSPS) is 10.9. The lowest BCUT2D eigenvalue weighted by molar-refractivity contribution is 0.659. The fourth-order valence-corrected chi connectivity index (χ4v) is 2.74. The monoisotopic (exact) mass is 391 g/mol. The first-order chi connectivity index (χ1) is 8.67. The van der Waals surface area contributed by atoms with E-state index in [-0.39, 0.29) is 0 Å². The average Bonchev–Trinajstić information content (AvgIpc) is 2.76. The minimum Gasteiger partial charge on any atom is -0.310 e. The van der Waals surface area contributed by atoms with Crippen molar-refractivity contribution in [2.45, 2.75) is 25.8 Å². The van der Waals surface area contributed by atoms with E-state index in [4.69, 9.17) is 11.6 Å². The van der Waals surface area contributed by atoms with Crippen LogP contribution in [0.15, 0.2) is 27.1 Å². The zero-order valence-electron chi connectivity index (χ0n) is 9.83. The summed E-state index contributed by atoms with van der Waals surface area (Å²) < 4.78 is 4.08. The van der Waals surface area contributed by atoms with Crippen LogP contribution in [0.25, 0.3) is 11.4 Å². The quantitative estimate of drug-likeness (QED) is 0.710. The van der Waals surface area contributed by atoms with Gasteiger partial charge in [0.15, 0.2) is 5.82 Å². The highest BCUT2D eigenvalue weighted by Gasteiger charge is 2.15. The topological polar surface area (TPSA) is 30.7 Å². The predicted molar refractivity (Wildman–Crippen MR) is 80.7 cm³/mol. The molecule has 0 fully saturated rings. The largest absolute Gasteiger partial charge is 0.310 e. The summed E-state index contributed by atoms with van der Waals surface area (Å²) in [5.41, 5.74) is 1.02. The smallest absolute Gasteiger partial charge is 0.165 e. The van der Waals surface area contributed by atoms with E-state index in [0.29, 0.717) is 5.88 Å². The van der Waals surface area contributed by atoms with Crippen LogP contribution in [0.2, 0.25) is 0 Å². The molecule has 3 nitrogen and oxygen atoms in total. The second-order valence-electron chi connectivity index (χ2n) is 3.85. The van der Waals surface area contributed by atoms with Gasteiger partial charge < -0.3 is 4.57 Å². The summed E-state index contributed by atoms with van der Waals surface area (Å²) in [6.45, 7) is 2.99. The predicted octanol–water partition coefficient (Wildman–Crippen LogP) is 4.62. The first-order valence-electron chi connectivity index (χ1n) is 5.60. The molecular weight excluding hydrogens is 381 g/mol. The van der Waals surface area contributed by atoms with Gasteiger partial charge in [-0.2, -0.15) is 0 Å². The Morgan fingerprint density at radius 3 is 2.72 bits per heavy atom. The van der Waals surface area contributed by atoms with Crippen LogP contribution in [0.3, 0.4) is 0 Å². The Bertz CT molecular complexity index is 554. The number of nitrogens with zero attached hydrogens (tertiary/aromatic N) is 3. The number of rotatable bonds is 4. The SMILES string of the molecule is CCCn1c(CCl)nnc1-c1cc(Br)ccc1Br. The van der Waals surface area contributed by atoms with Crippen molar-refractivity contribution in [2.24, 2.45) is 0 Å².